The SMILES string of the molecule is COc1ccc(NC(=O)c2sc(-n3[nH]c(C)c(Cc4ccc(C)cc4)c3=O)nc2C)cc1. The molecule has 4 aromatic rings. The standard InChI is InChI=1S/C24H24N4O3S/c1-14-5-7-17(8-6-14)13-20-15(2)27-28(23(20)30)24-25-16(3)21(32-24)22(29)26-18-9-11-19(31-4)12-10-18/h5-12,27H,13H2,1-4H3,(H,26,29). The summed E-state index contributed by atoms with van der Waals surface area (Å²) in [4.78, 5) is 30.8. The van der Waals surface area contributed by atoms with E-state index in [2.05, 4.69) is 15.4 Å². The summed E-state index contributed by atoms with van der Waals surface area (Å²) in [5.41, 5.74) is 4.78. The van der Waals surface area contributed by atoms with Crippen molar-refractivity contribution in [3.63, 3.8) is 0 Å². The van der Waals surface area contributed by atoms with Crippen molar-refractivity contribution in [2.45, 2.75) is 27.2 Å². The second-order valence-corrected chi connectivity index (χ2v) is 8.59. The van der Waals surface area contributed by atoms with Crippen molar-refractivity contribution in [2.24, 2.45) is 0 Å². The molecule has 2 heterocycles. The summed E-state index contributed by atoms with van der Waals surface area (Å²) >= 11 is 1.18. The van der Waals surface area contributed by atoms with Gasteiger partial charge in [0.1, 0.15) is 10.6 Å². The lowest BCUT2D eigenvalue weighted by atomic mass is 10.0. The Balaban J connectivity index is 1.58. The Labute approximate surface area is 189 Å². The number of ether oxygens (including phenoxy) is 1. The fourth-order valence-corrected chi connectivity index (χ4v) is 4.31. The molecule has 164 valence electrons. The Morgan fingerprint density at radius 3 is 2.44 bits per heavy atom. The van der Waals surface area contributed by atoms with Gasteiger partial charge in [-0.05, 0) is 50.6 Å². The highest BCUT2D eigenvalue weighted by Gasteiger charge is 2.20. The highest BCUT2D eigenvalue weighted by Crippen LogP contribution is 2.23. The molecule has 0 saturated heterocycles. The van der Waals surface area contributed by atoms with Crippen LogP contribution in [-0.2, 0) is 6.42 Å². The first-order chi connectivity index (χ1) is 15.4. The van der Waals surface area contributed by atoms with Gasteiger partial charge >= 0.3 is 0 Å². The lowest BCUT2D eigenvalue weighted by Crippen LogP contribution is -2.17. The van der Waals surface area contributed by atoms with Gasteiger partial charge in [0, 0.05) is 23.4 Å². The second-order valence-electron chi connectivity index (χ2n) is 7.61. The van der Waals surface area contributed by atoms with E-state index in [9.17, 15) is 9.59 Å². The van der Waals surface area contributed by atoms with Gasteiger partial charge in [-0.15, -0.1) is 0 Å². The summed E-state index contributed by atoms with van der Waals surface area (Å²) < 4.78 is 6.56. The van der Waals surface area contributed by atoms with Crippen LogP contribution in [-0.4, -0.2) is 27.8 Å². The smallest absolute Gasteiger partial charge is 0.277 e. The van der Waals surface area contributed by atoms with E-state index in [-0.39, 0.29) is 11.5 Å². The molecule has 2 aromatic carbocycles. The number of aromatic amines is 1. The zero-order valence-corrected chi connectivity index (χ0v) is 19.2. The van der Waals surface area contributed by atoms with E-state index in [4.69, 9.17) is 4.74 Å². The van der Waals surface area contributed by atoms with Crippen molar-refractivity contribution in [3.05, 3.63) is 91.8 Å². The minimum absolute atomic E-state index is 0.154. The molecule has 0 radical (unpaired) electrons. The van der Waals surface area contributed by atoms with E-state index in [0.717, 1.165) is 11.3 Å². The van der Waals surface area contributed by atoms with Gasteiger partial charge in [-0.25, -0.2) is 4.98 Å². The quantitative estimate of drug-likeness (QED) is 0.458. The van der Waals surface area contributed by atoms with Gasteiger partial charge in [0.15, 0.2) is 0 Å². The summed E-state index contributed by atoms with van der Waals surface area (Å²) in [6.07, 6.45) is 0.531. The first-order valence-corrected chi connectivity index (χ1v) is 11.0. The number of hydrogen-bond donors (Lipinski definition) is 2. The van der Waals surface area contributed by atoms with Crippen LogP contribution in [0.5, 0.6) is 5.75 Å². The maximum Gasteiger partial charge on any atom is 0.277 e. The zero-order valence-electron chi connectivity index (χ0n) is 18.4. The summed E-state index contributed by atoms with van der Waals surface area (Å²) in [7, 11) is 1.59. The lowest BCUT2D eigenvalue weighted by Gasteiger charge is -2.05. The first-order valence-electron chi connectivity index (χ1n) is 10.1. The van der Waals surface area contributed by atoms with Gasteiger partial charge in [-0.1, -0.05) is 41.2 Å². The number of nitrogens with one attached hydrogen (secondary N) is 2. The topological polar surface area (TPSA) is 89.0 Å². The highest BCUT2D eigenvalue weighted by molar-refractivity contribution is 7.16. The van der Waals surface area contributed by atoms with Crippen molar-refractivity contribution in [3.8, 4) is 10.9 Å². The molecule has 0 saturated carbocycles. The van der Waals surface area contributed by atoms with Crippen molar-refractivity contribution in [2.75, 3.05) is 12.4 Å². The van der Waals surface area contributed by atoms with E-state index >= 15 is 0 Å². The predicted molar refractivity (Wildman–Crippen MR) is 126 cm³/mol. The Hall–Kier alpha value is -3.65. The molecule has 1 amide bonds. The van der Waals surface area contributed by atoms with Crippen LogP contribution in [0.25, 0.3) is 5.13 Å². The number of nitrogens with zero attached hydrogens (tertiary/aromatic N) is 2. The van der Waals surface area contributed by atoms with Crippen LogP contribution in [0.1, 0.15) is 37.7 Å². The van der Waals surface area contributed by atoms with Crippen LogP contribution in [0.15, 0.2) is 53.3 Å². The van der Waals surface area contributed by atoms with Crippen LogP contribution in [0.2, 0.25) is 0 Å². The molecule has 0 atom stereocenters. The predicted octanol–water partition coefficient (Wildman–Crippen LogP) is 4.40. The molecule has 2 aromatic heterocycles. The van der Waals surface area contributed by atoms with Crippen molar-refractivity contribution < 1.29 is 9.53 Å². The molecular weight excluding hydrogens is 424 g/mol. The average molecular weight is 449 g/mol. The van der Waals surface area contributed by atoms with E-state index in [0.29, 0.717) is 39.1 Å². The van der Waals surface area contributed by atoms with E-state index in [1.54, 1.807) is 38.3 Å². The van der Waals surface area contributed by atoms with Crippen molar-refractivity contribution in [1.82, 2.24) is 14.8 Å². The van der Waals surface area contributed by atoms with E-state index in [1.165, 1.54) is 21.6 Å². The number of benzene rings is 2. The number of anilines is 1. The number of carbonyl (C=O) groups is 1. The first kappa shape index (κ1) is 21.6. The molecule has 7 nitrogen and oxygen atoms in total. The van der Waals surface area contributed by atoms with E-state index < -0.39 is 0 Å². The molecule has 0 bridgehead atoms. The van der Waals surface area contributed by atoms with Gasteiger partial charge in [0.2, 0.25) is 5.13 Å². The van der Waals surface area contributed by atoms with Gasteiger partial charge in [-0.2, -0.15) is 4.68 Å². The largest absolute Gasteiger partial charge is 0.497 e. The third-order valence-electron chi connectivity index (χ3n) is 5.23. The molecule has 8 heteroatoms. The monoisotopic (exact) mass is 448 g/mol. The number of rotatable bonds is 6. The molecule has 0 aliphatic carbocycles. The number of aryl methyl sites for hydroxylation is 3. The van der Waals surface area contributed by atoms with Crippen molar-refractivity contribution in [1.29, 1.82) is 0 Å². The Morgan fingerprint density at radius 2 is 1.78 bits per heavy atom. The third-order valence-corrected chi connectivity index (χ3v) is 6.37. The van der Waals surface area contributed by atoms with Crippen LogP contribution in [0.4, 0.5) is 5.69 Å². The number of methoxy groups -OCH3 is 1. The number of H-pyrrole nitrogens is 1. The molecule has 0 unspecified atom stereocenters. The summed E-state index contributed by atoms with van der Waals surface area (Å²) in [5.74, 6) is 0.440. The molecule has 32 heavy (non-hydrogen) atoms. The maximum absolute atomic E-state index is 13.1. The zero-order chi connectivity index (χ0) is 22.8. The van der Waals surface area contributed by atoms with Crippen LogP contribution < -0.4 is 15.6 Å². The molecule has 0 aliphatic heterocycles. The summed E-state index contributed by atoms with van der Waals surface area (Å²) in [5, 5.41) is 6.41. The van der Waals surface area contributed by atoms with Gasteiger partial charge in [0.05, 0.1) is 12.8 Å². The molecule has 0 fully saturated rings. The van der Waals surface area contributed by atoms with Crippen LogP contribution in [0.3, 0.4) is 0 Å². The van der Waals surface area contributed by atoms with Crippen LogP contribution >= 0.6 is 11.3 Å². The Bertz CT molecular complexity index is 1320. The molecule has 2 N–H and O–H groups in total. The lowest BCUT2D eigenvalue weighted by molar-refractivity contribution is 0.103. The molecule has 0 spiro atoms. The second kappa shape index (κ2) is 8.84. The summed E-state index contributed by atoms with van der Waals surface area (Å²) in [6, 6.07) is 15.2. The van der Waals surface area contributed by atoms with E-state index in [1.807, 2.05) is 38.1 Å². The normalized spacial score (nSPS) is 10.9. The highest BCUT2D eigenvalue weighted by atomic mass is 32.1. The van der Waals surface area contributed by atoms with Crippen LogP contribution in [0, 0.1) is 20.8 Å². The Morgan fingerprint density at radius 1 is 1.09 bits per heavy atom. The third kappa shape index (κ3) is 4.36. The van der Waals surface area contributed by atoms with Gasteiger partial charge in [-0.3, -0.25) is 14.7 Å². The van der Waals surface area contributed by atoms with Gasteiger partial charge < -0.3 is 10.1 Å². The fraction of sp³-hybridized carbons (Fsp3) is 0.208. The van der Waals surface area contributed by atoms with Crippen molar-refractivity contribution >= 4 is 22.9 Å². The minimum Gasteiger partial charge on any atom is -0.497 e. The minimum atomic E-state index is -0.271. The number of hydrogen-bond acceptors (Lipinski definition) is 5. The number of carbonyl (C=O) groups excluding carboxylic acids is 1. The Kier molecular flexibility index (Phi) is 5.96. The summed E-state index contributed by atoms with van der Waals surface area (Å²) in [6.45, 7) is 5.67. The maximum atomic E-state index is 13.1. The van der Waals surface area contributed by atoms with Gasteiger partial charge in [0.25, 0.3) is 11.5 Å². The molecule has 4 rings (SSSR count). The number of thiazole rings is 1. The number of aromatic nitrogens is 3. The number of amides is 1. The fourth-order valence-electron chi connectivity index (χ4n) is 3.38. The molecular formula is C24H24N4O3S. The average Bonchev–Trinajstić information content (AvgIpc) is 3.30. The molecule has 0 aliphatic rings.